The topological polar surface area (TPSA) is 86.3 Å². The minimum atomic E-state index is -0.151. The van der Waals surface area contributed by atoms with E-state index >= 15 is 0 Å². The smallest absolute Gasteiger partial charge is 0.276 e. The number of nitrogens with zero attached hydrogens (tertiary/aromatic N) is 5. The maximum Gasteiger partial charge on any atom is 0.276 e. The Morgan fingerprint density at radius 1 is 1.28 bits per heavy atom. The number of hydrogen-bond acceptors (Lipinski definition) is 6. The molecule has 2 aromatic heterocycles. The van der Waals surface area contributed by atoms with E-state index in [0.29, 0.717) is 24.6 Å². The molecule has 8 heteroatoms. The lowest BCUT2D eigenvalue weighted by Crippen LogP contribution is -2.41. The van der Waals surface area contributed by atoms with Crippen LogP contribution in [0, 0.1) is 13.8 Å². The lowest BCUT2D eigenvalue weighted by molar-refractivity contribution is 0.0639. The molecule has 2 saturated heterocycles. The standard InChI is InChI=1S/C17H23N5O3/c1-11-19-12(2)22(20-11)13-5-3-7-21(9-13)17(23)15-16(25-10-18-15)14-6-4-8-24-14/h10,13-14H,3-9H2,1-2H3/t13-,14+/m1/s1. The lowest BCUT2D eigenvalue weighted by atomic mass is 10.0. The van der Waals surface area contributed by atoms with Crippen molar-refractivity contribution >= 4 is 5.91 Å². The summed E-state index contributed by atoms with van der Waals surface area (Å²) in [5.41, 5.74) is 0.388. The van der Waals surface area contributed by atoms with Crippen LogP contribution in [0.5, 0.6) is 0 Å². The highest BCUT2D eigenvalue weighted by Crippen LogP contribution is 2.32. The zero-order chi connectivity index (χ0) is 17.4. The Bertz CT molecular complexity index is 762. The first kappa shape index (κ1) is 16.3. The number of likely N-dealkylation sites (tertiary alicyclic amines) is 1. The van der Waals surface area contributed by atoms with Gasteiger partial charge in [0.2, 0.25) is 0 Å². The highest BCUT2D eigenvalue weighted by atomic mass is 16.5. The van der Waals surface area contributed by atoms with Gasteiger partial charge in [0, 0.05) is 19.7 Å². The zero-order valence-electron chi connectivity index (χ0n) is 14.6. The van der Waals surface area contributed by atoms with Crippen molar-refractivity contribution in [3.63, 3.8) is 0 Å². The van der Waals surface area contributed by atoms with Crippen molar-refractivity contribution in [2.24, 2.45) is 0 Å². The third-order valence-corrected chi connectivity index (χ3v) is 4.96. The van der Waals surface area contributed by atoms with Crippen LogP contribution in [-0.4, -0.2) is 50.3 Å². The maximum absolute atomic E-state index is 13.0. The SMILES string of the molecule is Cc1nc(C)n([C@@H]2CCCN(C(=O)c3ncoc3[C@@H]3CCCO3)C2)n1. The van der Waals surface area contributed by atoms with Crippen LogP contribution in [0.1, 0.15) is 65.7 Å². The zero-order valence-corrected chi connectivity index (χ0v) is 14.6. The molecule has 0 unspecified atom stereocenters. The van der Waals surface area contributed by atoms with Crippen LogP contribution >= 0.6 is 0 Å². The molecule has 25 heavy (non-hydrogen) atoms. The van der Waals surface area contributed by atoms with E-state index < -0.39 is 0 Å². The third kappa shape index (κ3) is 3.06. The summed E-state index contributed by atoms with van der Waals surface area (Å²) in [5, 5.41) is 4.48. The molecule has 0 bridgehead atoms. The summed E-state index contributed by atoms with van der Waals surface area (Å²) in [4.78, 5) is 23.4. The lowest BCUT2D eigenvalue weighted by Gasteiger charge is -2.32. The molecule has 134 valence electrons. The molecule has 2 atom stereocenters. The van der Waals surface area contributed by atoms with Gasteiger partial charge in [-0.2, -0.15) is 5.10 Å². The molecule has 2 aliphatic heterocycles. The third-order valence-electron chi connectivity index (χ3n) is 4.96. The second-order valence-electron chi connectivity index (χ2n) is 6.76. The second-order valence-corrected chi connectivity index (χ2v) is 6.76. The number of amides is 1. The average molecular weight is 345 g/mol. The monoisotopic (exact) mass is 345 g/mol. The van der Waals surface area contributed by atoms with Crippen LogP contribution in [0.15, 0.2) is 10.8 Å². The van der Waals surface area contributed by atoms with Gasteiger partial charge in [0.15, 0.2) is 17.8 Å². The number of aryl methyl sites for hydroxylation is 2. The van der Waals surface area contributed by atoms with Crippen molar-refractivity contribution in [2.45, 2.75) is 51.7 Å². The van der Waals surface area contributed by atoms with E-state index in [4.69, 9.17) is 9.15 Å². The van der Waals surface area contributed by atoms with Crippen molar-refractivity contribution in [2.75, 3.05) is 19.7 Å². The van der Waals surface area contributed by atoms with Crippen LogP contribution < -0.4 is 0 Å². The van der Waals surface area contributed by atoms with Gasteiger partial charge in [0.1, 0.15) is 17.8 Å². The normalized spacial score (nSPS) is 24.0. The van der Waals surface area contributed by atoms with Crippen LogP contribution in [0.3, 0.4) is 0 Å². The highest BCUT2D eigenvalue weighted by molar-refractivity contribution is 5.93. The van der Waals surface area contributed by atoms with Gasteiger partial charge in [0.25, 0.3) is 5.91 Å². The highest BCUT2D eigenvalue weighted by Gasteiger charge is 2.33. The summed E-state index contributed by atoms with van der Waals surface area (Å²) in [7, 11) is 0. The summed E-state index contributed by atoms with van der Waals surface area (Å²) < 4.78 is 13.1. The van der Waals surface area contributed by atoms with Crippen molar-refractivity contribution in [1.29, 1.82) is 0 Å². The number of carbonyl (C=O) groups is 1. The molecule has 2 fully saturated rings. The van der Waals surface area contributed by atoms with Gasteiger partial charge in [-0.25, -0.2) is 14.6 Å². The molecular formula is C17H23N5O3. The van der Waals surface area contributed by atoms with Gasteiger partial charge >= 0.3 is 0 Å². The number of carbonyl (C=O) groups excluding carboxylic acids is 1. The summed E-state index contributed by atoms with van der Waals surface area (Å²) in [5.74, 6) is 2.13. The Hall–Kier alpha value is -2.22. The molecular weight excluding hydrogens is 322 g/mol. The van der Waals surface area contributed by atoms with Crippen molar-refractivity contribution in [1.82, 2.24) is 24.6 Å². The van der Waals surface area contributed by atoms with Crippen molar-refractivity contribution in [3.05, 3.63) is 29.5 Å². The number of oxazole rings is 1. The van der Waals surface area contributed by atoms with Crippen LogP contribution in [0.2, 0.25) is 0 Å². The molecule has 0 aromatic carbocycles. The minimum absolute atomic E-state index is 0.0848. The van der Waals surface area contributed by atoms with Crippen LogP contribution in [0.4, 0.5) is 0 Å². The molecule has 8 nitrogen and oxygen atoms in total. The molecule has 2 aromatic rings. The Kier molecular flexibility index (Phi) is 4.29. The number of piperidine rings is 1. The maximum atomic E-state index is 13.0. The first-order chi connectivity index (χ1) is 12.1. The fourth-order valence-electron chi connectivity index (χ4n) is 3.80. The van der Waals surface area contributed by atoms with E-state index in [1.54, 1.807) is 0 Å². The molecule has 4 heterocycles. The quantitative estimate of drug-likeness (QED) is 0.848. The van der Waals surface area contributed by atoms with E-state index in [2.05, 4.69) is 15.1 Å². The predicted octanol–water partition coefficient (Wildman–Crippen LogP) is 2.21. The van der Waals surface area contributed by atoms with Crippen molar-refractivity contribution in [3.8, 4) is 0 Å². The summed E-state index contributed by atoms with van der Waals surface area (Å²) >= 11 is 0. The molecule has 0 spiro atoms. The molecule has 0 saturated carbocycles. The van der Waals surface area contributed by atoms with Crippen LogP contribution in [0.25, 0.3) is 0 Å². The number of ether oxygens (including phenoxy) is 1. The van der Waals surface area contributed by atoms with Gasteiger partial charge < -0.3 is 14.1 Å². The fourth-order valence-corrected chi connectivity index (χ4v) is 3.80. The van der Waals surface area contributed by atoms with Gasteiger partial charge in [-0.1, -0.05) is 0 Å². The number of hydrogen-bond donors (Lipinski definition) is 0. The molecule has 2 aliphatic rings. The molecule has 0 aliphatic carbocycles. The Balaban J connectivity index is 1.52. The Labute approximate surface area is 146 Å². The largest absolute Gasteiger partial charge is 0.445 e. The van der Waals surface area contributed by atoms with Gasteiger partial charge in [0.05, 0.1) is 6.04 Å². The summed E-state index contributed by atoms with van der Waals surface area (Å²) in [6.07, 6.45) is 4.97. The van der Waals surface area contributed by atoms with Gasteiger partial charge in [-0.3, -0.25) is 4.79 Å². The molecule has 0 radical (unpaired) electrons. The van der Waals surface area contributed by atoms with Crippen molar-refractivity contribution < 1.29 is 13.9 Å². The second kappa shape index (κ2) is 6.59. The predicted molar refractivity (Wildman–Crippen MR) is 88.1 cm³/mol. The number of rotatable bonds is 3. The molecule has 0 N–H and O–H groups in total. The van der Waals surface area contributed by atoms with E-state index in [-0.39, 0.29) is 18.1 Å². The Morgan fingerprint density at radius 2 is 2.16 bits per heavy atom. The fraction of sp³-hybridized carbons (Fsp3) is 0.647. The average Bonchev–Trinajstić information content (AvgIpc) is 3.34. The Morgan fingerprint density at radius 3 is 2.88 bits per heavy atom. The van der Waals surface area contributed by atoms with Crippen LogP contribution in [-0.2, 0) is 4.74 Å². The first-order valence-corrected chi connectivity index (χ1v) is 8.87. The minimum Gasteiger partial charge on any atom is -0.445 e. The molecule has 1 amide bonds. The molecule has 4 rings (SSSR count). The van der Waals surface area contributed by atoms with E-state index in [1.165, 1.54) is 6.39 Å². The summed E-state index contributed by atoms with van der Waals surface area (Å²) in [6, 6.07) is 0.150. The van der Waals surface area contributed by atoms with Gasteiger partial charge in [-0.05, 0) is 39.5 Å². The summed E-state index contributed by atoms with van der Waals surface area (Å²) in [6.45, 7) is 5.88. The first-order valence-electron chi connectivity index (χ1n) is 8.87. The van der Waals surface area contributed by atoms with Gasteiger partial charge in [-0.15, -0.1) is 0 Å². The van der Waals surface area contributed by atoms with E-state index in [9.17, 15) is 4.79 Å². The number of aromatic nitrogens is 4. The van der Waals surface area contributed by atoms with E-state index in [1.807, 2.05) is 23.4 Å². The van der Waals surface area contributed by atoms with E-state index in [0.717, 1.165) is 43.9 Å².